The van der Waals surface area contributed by atoms with Gasteiger partial charge in [-0.1, -0.05) is 51.9 Å². The Kier molecular flexibility index (Phi) is 6.87. The van der Waals surface area contributed by atoms with Crippen LogP contribution in [-0.2, 0) is 0 Å². The Bertz CT molecular complexity index is 434. The molecular formula is C24H41N. The molecule has 0 unspecified atom stereocenters. The molecule has 0 saturated heterocycles. The molecule has 0 aromatic carbocycles. The summed E-state index contributed by atoms with van der Waals surface area (Å²) < 4.78 is 0. The molecule has 0 radical (unpaired) electrons. The minimum absolute atomic E-state index is 0.0172. The van der Waals surface area contributed by atoms with E-state index >= 15 is 0 Å². The predicted molar refractivity (Wildman–Crippen MR) is 106 cm³/mol. The van der Waals surface area contributed by atoms with Gasteiger partial charge >= 0.3 is 0 Å². The first-order chi connectivity index (χ1) is 12.1. The predicted octanol–water partition coefficient (Wildman–Crippen LogP) is 7.51. The molecule has 142 valence electrons. The van der Waals surface area contributed by atoms with Crippen LogP contribution in [0.5, 0.6) is 0 Å². The lowest BCUT2D eigenvalue weighted by molar-refractivity contribution is 0.0900. The second-order valence-corrected chi connectivity index (χ2v) is 10.1. The van der Waals surface area contributed by atoms with Gasteiger partial charge in [-0.2, -0.15) is 5.26 Å². The van der Waals surface area contributed by atoms with E-state index in [9.17, 15) is 5.26 Å². The zero-order valence-corrected chi connectivity index (χ0v) is 16.9. The van der Waals surface area contributed by atoms with Crippen molar-refractivity contribution in [3.63, 3.8) is 0 Å². The maximum absolute atomic E-state index is 9.50. The number of hydrogen-bond acceptors (Lipinski definition) is 1. The van der Waals surface area contributed by atoms with Gasteiger partial charge in [0, 0.05) is 0 Å². The van der Waals surface area contributed by atoms with Crippen molar-refractivity contribution >= 4 is 0 Å². The SMILES string of the molecule is CCCCC1CCC(C2CCC([C@H]3CCC[C@@](C)(C#N)C3)CC2)CC1. The standard InChI is InChI=1S/C24H41N/c1-3-4-6-19-8-10-20(11-9-19)21-12-14-22(15-13-21)23-7-5-16-24(2,17-23)18-25/h19-23H,3-17H2,1-2H3/t19?,20?,21?,22?,23-,24+/m0/s1. The molecular weight excluding hydrogens is 302 g/mol. The first-order valence-corrected chi connectivity index (χ1v) is 11.5. The number of hydrogen-bond donors (Lipinski definition) is 0. The molecule has 2 atom stereocenters. The highest BCUT2D eigenvalue weighted by molar-refractivity contribution is 5.00. The van der Waals surface area contributed by atoms with Crippen LogP contribution < -0.4 is 0 Å². The van der Waals surface area contributed by atoms with Gasteiger partial charge in [0.05, 0.1) is 11.5 Å². The van der Waals surface area contributed by atoms with E-state index < -0.39 is 0 Å². The number of rotatable bonds is 5. The van der Waals surface area contributed by atoms with Crippen LogP contribution in [0.3, 0.4) is 0 Å². The Morgan fingerprint density at radius 2 is 1.40 bits per heavy atom. The van der Waals surface area contributed by atoms with Gasteiger partial charge in [0.25, 0.3) is 0 Å². The fourth-order valence-corrected chi connectivity index (χ4v) is 6.57. The lowest BCUT2D eigenvalue weighted by Gasteiger charge is -2.42. The highest BCUT2D eigenvalue weighted by Crippen LogP contribution is 2.48. The highest BCUT2D eigenvalue weighted by Gasteiger charge is 2.38. The van der Waals surface area contributed by atoms with Crippen molar-refractivity contribution in [1.29, 1.82) is 5.26 Å². The van der Waals surface area contributed by atoms with Crippen LogP contribution in [0.1, 0.15) is 110 Å². The van der Waals surface area contributed by atoms with E-state index in [1.54, 1.807) is 0 Å². The van der Waals surface area contributed by atoms with Gasteiger partial charge in [0.2, 0.25) is 0 Å². The second-order valence-electron chi connectivity index (χ2n) is 10.1. The summed E-state index contributed by atoms with van der Waals surface area (Å²) in [4.78, 5) is 0. The first-order valence-electron chi connectivity index (χ1n) is 11.5. The van der Waals surface area contributed by atoms with Crippen molar-refractivity contribution in [3.05, 3.63) is 0 Å². The third-order valence-corrected chi connectivity index (χ3v) is 8.29. The normalized spacial score (nSPS) is 42.7. The van der Waals surface area contributed by atoms with E-state index in [4.69, 9.17) is 0 Å². The van der Waals surface area contributed by atoms with Gasteiger partial charge in [0.15, 0.2) is 0 Å². The van der Waals surface area contributed by atoms with E-state index in [2.05, 4.69) is 19.9 Å². The van der Waals surface area contributed by atoms with E-state index in [0.29, 0.717) is 0 Å². The quantitative estimate of drug-likeness (QED) is 0.506. The van der Waals surface area contributed by atoms with Crippen molar-refractivity contribution in [2.24, 2.45) is 35.0 Å². The molecule has 3 fully saturated rings. The minimum atomic E-state index is -0.0172. The van der Waals surface area contributed by atoms with Gasteiger partial charge in [-0.05, 0) is 87.9 Å². The molecule has 3 rings (SSSR count). The number of unbranched alkanes of at least 4 members (excludes halogenated alkanes) is 1. The number of nitriles is 1. The van der Waals surface area contributed by atoms with Crippen molar-refractivity contribution in [2.75, 3.05) is 0 Å². The molecule has 0 aromatic rings. The summed E-state index contributed by atoms with van der Waals surface area (Å²) in [6.07, 6.45) is 21.3. The van der Waals surface area contributed by atoms with Gasteiger partial charge in [0.1, 0.15) is 0 Å². The summed E-state index contributed by atoms with van der Waals surface area (Å²) in [6.45, 7) is 4.54. The molecule has 0 heterocycles. The van der Waals surface area contributed by atoms with Gasteiger partial charge < -0.3 is 0 Å². The van der Waals surface area contributed by atoms with Crippen LogP contribution in [0, 0.1) is 46.3 Å². The molecule has 3 aliphatic carbocycles. The van der Waals surface area contributed by atoms with E-state index in [1.807, 2.05) is 0 Å². The van der Waals surface area contributed by atoms with E-state index in [0.717, 1.165) is 36.0 Å². The van der Waals surface area contributed by atoms with Crippen molar-refractivity contribution < 1.29 is 0 Å². The molecule has 1 heteroatoms. The van der Waals surface area contributed by atoms with Crippen LogP contribution in [0.2, 0.25) is 0 Å². The van der Waals surface area contributed by atoms with Gasteiger partial charge in [-0.3, -0.25) is 0 Å². The lowest BCUT2D eigenvalue weighted by atomic mass is 9.62. The zero-order chi connectivity index (χ0) is 17.7. The summed E-state index contributed by atoms with van der Waals surface area (Å²) in [5.41, 5.74) is -0.0172. The molecule has 3 aliphatic rings. The molecule has 0 N–H and O–H groups in total. The van der Waals surface area contributed by atoms with Crippen molar-refractivity contribution in [1.82, 2.24) is 0 Å². The van der Waals surface area contributed by atoms with Crippen LogP contribution in [-0.4, -0.2) is 0 Å². The molecule has 1 nitrogen and oxygen atoms in total. The monoisotopic (exact) mass is 343 g/mol. The third kappa shape index (κ3) is 5.02. The molecule has 0 aromatic heterocycles. The van der Waals surface area contributed by atoms with E-state index in [1.165, 1.54) is 89.9 Å². The maximum atomic E-state index is 9.50. The smallest absolute Gasteiger partial charge is 0.0686 e. The minimum Gasteiger partial charge on any atom is -0.198 e. The Balaban J connectivity index is 1.41. The average Bonchev–Trinajstić information content (AvgIpc) is 2.67. The topological polar surface area (TPSA) is 23.8 Å². The van der Waals surface area contributed by atoms with Crippen LogP contribution in [0.25, 0.3) is 0 Å². The Hall–Kier alpha value is -0.510. The molecule has 25 heavy (non-hydrogen) atoms. The Morgan fingerprint density at radius 3 is 1.96 bits per heavy atom. The number of nitrogens with zero attached hydrogens (tertiary/aromatic N) is 1. The molecule has 0 bridgehead atoms. The highest BCUT2D eigenvalue weighted by atomic mass is 14.4. The molecule has 0 amide bonds. The Morgan fingerprint density at radius 1 is 0.840 bits per heavy atom. The second kappa shape index (κ2) is 8.92. The largest absolute Gasteiger partial charge is 0.198 e. The summed E-state index contributed by atoms with van der Waals surface area (Å²) >= 11 is 0. The summed E-state index contributed by atoms with van der Waals surface area (Å²) in [5.74, 6) is 4.93. The van der Waals surface area contributed by atoms with Gasteiger partial charge in [-0.25, -0.2) is 0 Å². The first kappa shape index (κ1) is 19.3. The average molecular weight is 344 g/mol. The summed E-state index contributed by atoms with van der Waals surface area (Å²) in [7, 11) is 0. The summed E-state index contributed by atoms with van der Waals surface area (Å²) in [5, 5.41) is 9.50. The molecule has 3 saturated carbocycles. The lowest BCUT2D eigenvalue weighted by Crippen LogP contribution is -2.32. The molecule has 0 spiro atoms. The zero-order valence-electron chi connectivity index (χ0n) is 16.9. The van der Waals surface area contributed by atoms with Crippen molar-refractivity contribution in [3.8, 4) is 6.07 Å². The summed E-state index contributed by atoms with van der Waals surface area (Å²) in [6, 6.07) is 2.63. The maximum Gasteiger partial charge on any atom is 0.0686 e. The van der Waals surface area contributed by atoms with Crippen molar-refractivity contribution in [2.45, 2.75) is 110 Å². The molecule has 0 aliphatic heterocycles. The van der Waals surface area contributed by atoms with Crippen LogP contribution >= 0.6 is 0 Å². The van der Waals surface area contributed by atoms with Crippen LogP contribution in [0.15, 0.2) is 0 Å². The third-order valence-electron chi connectivity index (χ3n) is 8.29. The fraction of sp³-hybridized carbons (Fsp3) is 0.958. The fourth-order valence-electron chi connectivity index (χ4n) is 6.57. The van der Waals surface area contributed by atoms with Crippen LogP contribution in [0.4, 0.5) is 0 Å². The Labute approximate surface area is 157 Å². The van der Waals surface area contributed by atoms with Gasteiger partial charge in [-0.15, -0.1) is 0 Å². The van der Waals surface area contributed by atoms with E-state index in [-0.39, 0.29) is 5.41 Å².